The number of allylic oxidation sites excluding steroid dienone is 1. The third kappa shape index (κ3) is 5.16. The minimum atomic E-state index is -0.0558. The van der Waals surface area contributed by atoms with Gasteiger partial charge < -0.3 is 0 Å². The van der Waals surface area contributed by atoms with E-state index in [9.17, 15) is 0 Å². The molecule has 0 fully saturated rings. The summed E-state index contributed by atoms with van der Waals surface area (Å²) in [6, 6.07) is 0. The Labute approximate surface area is 98.3 Å². The Morgan fingerprint density at radius 2 is 1.20 bits per heavy atom. The molecule has 0 nitrogen and oxygen atoms in total. The standard InChI is InChI=1S/C14H29P/c1-9-12(10-2)11-15(13(3,4)5)14(6,7)8/h11H,9-10H2,1-8H3. The van der Waals surface area contributed by atoms with Gasteiger partial charge in [0, 0.05) is 0 Å². The third-order valence-corrected chi connectivity index (χ3v) is 6.18. The van der Waals surface area contributed by atoms with Crippen LogP contribution in [0.3, 0.4) is 0 Å². The molecule has 90 valence electrons. The highest BCUT2D eigenvalue weighted by Gasteiger charge is 2.32. The Balaban J connectivity index is 5.06. The van der Waals surface area contributed by atoms with Gasteiger partial charge in [0.25, 0.3) is 0 Å². The van der Waals surface area contributed by atoms with Gasteiger partial charge in [-0.1, -0.05) is 74.7 Å². The predicted octanol–water partition coefficient (Wildman–Crippen LogP) is 5.77. The highest BCUT2D eigenvalue weighted by molar-refractivity contribution is 7.64. The van der Waals surface area contributed by atoms with E-state index in [1.54, 1.807) is 5.57 Å². The molecule has 0 atom stereocenters. The van der Waals surface area contributed by atoms with Gasteiger partial charge in [-0.15, -0.1) is 0 Å². The van der Waals surface area contributed by atoms with Gasteiger partial charge in [-0.05, 0) is 23.2 Å². The highest BCUT2D eigenvalue weighted by Crippen LogP contribution is 2.61. The van der Waals surface area contributed by atoms with Crippen molar-refractivity contribution in [3.05, 3.63) is 11.4 Å². The number of rotatable bonds is 3. The summed E-state index contributed by atoms with van der Waals surface area (Å²) in [5.74, 6) is 2.59. The Kier molecular flexibility index (Phi) is 5.55. The fourth-order valence-corrected chi connectivity index (χ4v) is 5.53. The van der Waals surface area contributed by atoms with Gasteiger partial charge in [0.05, 0.1) is 0 Å². The smallest absolute Gasteiger partial charge is 0.0140 e. The molecule has 15 heavy (non-hydrogen) atoms. The predicted molar refractivity (Wildman–Crippen MR) is 75.1 cm³/mol. The lowest BCUT2D eigenvalue weighted by Crippen LogP contribution is -2.23. The molecule has 0 aliphatic rings. The summed E-state index contributed by atoms with van der Waals surface area (Å²) >= 11 is 0. The van der Waals surface area contributed by atoms with E-state index in [0.29, 0.717) is 10.3 Å². The van der Waals surface area contributed by atoms with Crippen LogP contribution in [0, 0.1) is 0 Å². The lowest BCUT2D eigenvalue weighted by atomic mass is 10.2. The van der Waals surface area contributed by atoms with Crippen molar-refractivity contribution in [2.75, 3.05) is 0 Å². The van der Waals surface area contributed by atoms with E-state index < -0.39 is 0 Å². The van der Waals surface area contributed by atoms with Crippen molar-refractivity contribution in [2.24, 2.45) is 0 Å². The molecule has 0 rings (SSSR count). The molecule has 0 radical (unpaired) electrons. The van der Waals surface area contributed by atoms with Crippen molar-refractivity contribution in [2.45, 2.75) is 78.5 Å². The number of hydrogen-bond acceptors (Lipinski definition) is 0. The average molecular weight is 228 g/mol. The third-order valence-electron chi connectivity index (χ3n) is 2.67. The van der Waals surface area contributed by atoms with Crippen LogP contribution in [0.25, 0.3) is 0 Å². The van der Waals surface area contributed by atoms with Crippen LogP contribution in [-0.2, 0) is 0 Å². The van der Waals surface area contributed by atoms with Crippen LogP contribution in [0.2, 0.25) is 0 Å². The van der Waals surface area contributed by atoms with E-state index >= 15 is 0 Å². The summed E-state index contributed by atoms with van der Waals surface area (Å²) in [6.45, 7) is 18.8. The Morgan fingerprint density at radius 3 is 1.40 bits per heavy atom. The zero-order valence-electron chi connectivity index (χ0n) is 11.9. The summed E-state index contributed by atoms with van der Waals surface area (Å²) in [7, 11) is -0.0558. The number of hydrogen-bond donors (Lipinski definition) is 0. The first-order valence-electron chi connectivity index (χ1n) is 6.12. The van der Waals surface area contributed by atoms with Gasteiger partial charge in [0.1, 0.15) is 0 Å². The second kappa shape index (κ2) is 5.48. The van der Waals surface area contributed by atoms with Crippen molar-refractivity contribution in [1.82, 2.24) is 0 Å². The second-order valence-corrected chi connectivity index (χ2v) is 9.89. The molecular formula is C14H29P. The molecule has 0 aromatic rings. The molecule has 0 saturated heterocycles. The molecule has 0 aliphatic carbocycles. The maximum atomic E-state index is 2.59. The minimum Gasteiger partial charge on any atom is -0.0722 e. The summed E-state index contributed by atoms with van der Waals surface area (Å²) in [5.41, 5.74) is 1.63. The summed E-state index contributed by atoms with van der Waals surface area (Å²) in [6.07, 6.45) is 2.42. The van der Waals surface area contributed by atoms with Crippen LogP contribution < -0.4 is 0 Å². The molecule has 0 unspecified atom stereocenters. The fourth-order valence-electron chi connectivity index (χ4n) is 2.01. The molecular weight excluding hydrogens is 199 g/mol. The van der Waals surface area contributed by atoms with Gasteiger partial charge in [-0.25, -0.2) is 0 Å². The lowest BCUT2D eigenvalue weighted by Gasteiger charge is -2.40. The molecule has 0 aromatic carbocycles. The van der Waals surface area contributed by atoms with Crippen LogP contribution in [0.1, 0.15) is 68.2 Å². The highest BCUT2D eigenvalue weighted by atomic mass is 31.1. The molecule has 0 amide bonds. The Morgan fingerprint density at radius 1 is 0.867 bits per heavy atom. The molecule has 0 aliphatic heterocycles. The van der Waals surface area contributed by atoms with Crippen LogP contribution in [0.5, 0.6) is 0 Å². The molecule has 0 heterocycles. The monoisotopic (exact) mass is 228 g/mol. The van der Waals surface area contributed by atoms with Crippen LogP contribution >= 0.6 is 7.92 Å². The van der Waals surface area contributed by atoms with Gasteiger partial charge in [-0.3, -0.25) is 0 Å². The van der Waals surface area contributed by atoms with Crippen molar-refractivity contribution in [1.29, 1.82) is 0 Å². The van der Waals surface area contributed by atoms with E-state index in [1.165, 1.54) is 12.8 Å². The first-order valence-corrected chi connectivity index (χ1v) is 7.53. The Hall–Kier alpha value is 0.170. The second-order valence-electron chi connectivity index (χ2n) is 6.21. The van der Waals surface area contributed by atoms with E-state index in [4.69, 9.17) is 0 Å². The Bertz CT molecular complexity index is 192. The van der Waals surface area contributed by atoms with Gasteiger partial charge in [-0.2, -0.15) is 0 Å². The molecule has 0 N–H and O–H groups in total. The normalized spacial score (nSPS) is 13.1. The lowest BCUT2D eigenvalue weighted by molar-refractivity contribution is 0.713. The van der Waals surface area contributed by atoms with E-state index in [0.717, 1.165) is 0 Å². The zero-order valence-corrected chi connectivity index (χ0v) is 12.8. The average Bonchev–Trinajstić information content (AvgIpc) is 2.01. The van der Waals surface area contributed by atoms with E-state index in [2.05, 4.69) is 61.2 Å². The van der Waals surface area contributed by atoms with Gasteiger partial charge in [0.2, 0.25) is 0 Å². The zero-order chi connectivity index (χ0) is 12.3. The van der Waals surface area contributed by atoms with E-state index in [1.807, 2.05) is 0 Å². The first-order chi connectivity index (χ1) is 6.62. The van der Waals surface area contributed by atoms with Crippen molar-refractivity contribution >= 4 is 7.92 Å². The van der Waals surface area contributed by atoms with Crippen LogP contribution in [0.15, 0.2) is 11.4 Å². The fraction of sp³-hybridized carbons (Fsp3) is 0.857. The summed E-state index contributed by atoms with van der Waals surface area (Å²) in [4.78, 5) is 0. The van der Waals surface area contributed by atoms with Crippen molar-refractivity contribution in [3.63, 3.8) is 0 Å². The van der Waals surface area contributed by atoms with Crippen LogP contribution in [0.4, 0.5) is 0 Å². The SMILES string of the molecule is CCC(=CP(C(C)(C)C)C(C)(C)C)CC. The van der Waals surface area contributed by atoms with Gasteiger partial charge >= 0.3 is 0 Å². The van der Waals surface area contributed by atoms with Crippen LogP contribution in [-0.4, -0.2) is 10.3 Å². The molecule has 0 aromatic heterocycles. The maximum Gasteiger partial charge on any atom is -0.0140 e. The largest absolute Gasteiger partial charge is 0.0722 e. The molecule has 0 bridgehead atoms. The quantitative estimate of drug-likeness (QED) is 0.538. The molecule has 0 spiro atoms. The van der Waals surface area contributed by atoms with E-state index in [-0.39, 0.29) is 7.92 Å². The topological polar surface area (TPSA) is 0 Å². The molecule has 1 heteroatoms. The summed E-state index contributed by atoms with van der Waals surface area (Å²) < 4.78 is 0. The summed E-state index contributed by atoms with van der Waals surface area (Å²) in [5, 5.41) is 0.840. The van der Waals surface area contributed by atoms with Gasteiger partial charge in [0.15, 0.2) is 0 Å². The molecule has 0 saturated carbocycles. The van der Waals surface area contributed by atoms with Crippen molar-refractivity contribution in [3.8, 4) is 0 Å². The minimum absolute atomic E-state index is 0.0558. The first kappa shape index (κ1) is 15.2. The maximum absolute atomic E-state index is 2.59. The van der Waals surface area contributed by atoms with Crippen molar-refractivity contribution < 1.29 is 0 Å².